The summed E-state index contributed by atoms with van der Waals surface area (Å²) in [5.74, 6) is 1.16. The maximum atomic E-state index is 4.52. The molecule has 1 atom stereocenters. The lowest BCUT2D eigenvalue weighted by molar-refractivity contribution is 0.570. The lowest BCUT2D eigenvalue weighted by Crippen LogP contribution is -2.37. The molecule has 16 heavy (non-hydrogen) atoms. The van der Waals surface area contributed by atoms with Crippen molar-refractivity contribution in [1.82, 2.24) is 15.5 Å². The first kappa shape index (κ1) is 11.4. The SMILES string of the molecule is CCC1CCSC(=NCc2cccnn2)N1. The number of aromatic nitrogens is 2. The molecule has 1 aromatic rings. The molecular weight excluding hydrogens is 220 g/mol. The van der Waals surface area contributed by atoms with Crippen LogP contribution in [-0.2, 0) is 6.54 Å². The van der Waals surface area contributed by atoms with Crippen LogP contribution in [0.1, 0.15) is 25.5 Å². The van der Waals surface area contributed by atoms with Gasteiger partial charge < -0.3 is 5.32 Å². The second-order valence-corrected chi connectivity index (χ2v) is 4.81. The van der Waals surface area contributed by atoms with Crippen LogP contribution in [-0.4, -0.2) is 27.2 Å². The van der Waals surface area contributed by atoms with E-state index in [2.05, 4.69) is 27.4 Å². The Morgan fingerprint density at radius 2 is 2.56 bits per heavy atom. The first-order valence-corrected chi connectivity index (χ1v) is 6.57. The third-order valence-corrected chi connectivity index (χ3v) is 3.50. The number of hydrogen-bond donors (Lipinski definition) is 1. The van der Waals surface area contributed by atoms with Gasteiger partial charge in [0.05, 0.1) is 12.2 Å². The predicted octanol–water partition coefficient (Wildman–Crippen LogP) is 1.84. The number of nitrogens with zero attached hydrogens (tertiary/aromatic N) is 3. The van der Waals surface area contributed by atoms with E-state index < -0.39 is 0 Å². The Labute approximate surface area is 100.0 Å². The Hall–Kier alpha value is -1.10. The lowest BCUT2D eigenvalue weighted by atomic mass is 10.2. The number of amidine groups is 1. The van der Waals surface area contributed by atoms with Gasteiger partial charge in [-0.1, -0.05) is 18.7 Å². The number of hydrogen-bond acceptors (Lipinski definition) is 4. The fourth-order valence-electron chi connectivity index (χ4n) is 1.55. The smallest absolute Gasteiger partial charge is 0.157 e. The van der Waals surface area contributed by atoms with Crippen molar-refractivity contribution in [2.45, 2.75) is 32.4 Å². The molecule has 1 saturated heterocycles. The molecule has 1 aliphatic heterocycles. The molecule has 1 fully saturated rings. The van der Waals surface area contributed by atoms with E-state index in [1.165, 1.54) is 6.42 Å². The molecule has 1 aromatic heterocycles. The van der Waals surface area contributed by atoms with Gasteiger partial charge in [-0.05, 0) is 25.0 Å². The van der Waals surface area contributed by atoms with Gasteiger partial charge in [-0.2, -0.15) is 10.2 Å². The monoisotopic (exact) mass is 236 g/mol. The Bertz CT molecular complexity index is 352. The van der Waals surface area contributed by atoms with Crippen LogP contribution in [0.4, 0.5) is 0 Å². The van der Waals surface area contributed by atoms with E-state index in [0.29, 0.717) is 12.6 Å². The van der Waals surface area contributed by atoms with Gasteiger partial charge >= 0.3 is 0 Å². The average Bonchev–Trinajstić information content (AvgIpc) is 2.38. The average molecular weight is 236 g/mol. The van der Waals surface area contributed by atoms with Gasteiger partial charge in [-0.25, -0.2) is 0 Å². The van der Waals surface area contributed by atoms with E-state index in [-0.39, 0.29) is 0 Å². The zero-order valence-corrected chi connectivity index (χ0v) is 10.2. The topological polar surface area (TPSA) is 50.2 Å². The minimum Gasteiger partial charge on any atom is -0.362 e. The van der Waals surface area contributed by atoms with Gasteiger partial charge in [-0.15, -0.1) is 0 Å². The fourth-order valence-corrected chi connectivity index (χ4v) is 2.56. The number of thioether (sulfide) groups is 1. The summed E-state index contributed by atoms with van der Waals surface area (Å²) in [6.45, 7) is 2.81. The van der Waals surface area contributed by atoms with Crippen molar-refractivity contribution >= 4 is 16.9 Å². The number of nitrogens with one attached hydrogen (secondary N) is 1. The van der Waals surface area contributed by atoms with Crippen molar-refractivity contribution in [2.24, 2.45) is 4.99 Å². The fraction of sp³-hybridized carbons (Fsp3) is 0.545. The standard InChI is InChI=1S/C11H16N4S/c1-2-9-5-7-16-11(14-9)12-8-10-4-3-6-13-15-10/h3-4,6,9H,2,5,7-8H2,1H3,(H,12,14). The van der Waals surface area contributed by atoms with E-state index in [1.807, 2.05) is 12.1 Å². The molecule has 86 valence electrons. The molecule has 0 radical (unpaired) electrons. The van der Waals surface area contributed by atoms with Crippen LogP contribution in [0.3, 0.4) is 0 Å². The Balaban J connectivity index is 1.92. The summed E-state index contributed by atoms with van der Waals surface area (Å²) >= 11 is 1.79. The van der Waals surface area contributed by atoms with Crippen molar-refractivity contribution < 1.29 is 0 Å². The van der Waals surface area contributed by atoms with E-state index in [9.17, 15) is 0 Å². The first-order chi connectivity index (χ1) is 7.88. The van der Waals surface area contributed by atoms with Gasteiger partial charge in [0.1, 0.15) is 0 Å². The zero-order valence-electron chi connectivity index (χ0n) is 9.39. The van der Waals surface area contributed by atoms with Gasteiger partial charge in [-0.3, -0.25) is 4.99 Å². The summed E-state index contributed by atoms with van der Waals surface area (Å²) in [6.07, 6.45) is 4.06. The highest BCUT2D eigenvalue weighted by Crippen LogP contribution is 2.16. The molecule has 0 bridgehead atoms. The molecule has 1 aliphatic rings. The molecule has 5 heteroatoms. The van der Waals surface area contributed by atoms with Crippen molar-refractivity contribution in [3.8, 4) is 0 Å². The largest absolute Gasteiger partial charge is 0.362 e. The van der Waals surface area contributed by atoms with Crippen LogP contribution in [0, 0.1) is 0 Å². The highest BCUT2D eigenvalue weighted by molar-refractivity contribution is 8.13. The van der Waals surface area contributed by atoms with Gasteiger partial charge in [0.15, 0.2) is 5.17 Å². The molecule has 1 unspecified atom stereocenters. The van der Waals surface area contributed by atoms with Gasteiger partial charge in [0.25, 0.3) is 0 Å². The quantitative estimate of drug-likeness (QED) is 0.870. The third-order valence-electron chi connectivity index (χ3n) is 2.54. The highest BCUT2D eigenvalue weighted by Gasteiger charge is 2.15. The normalized spacial score (nSPS) is 23.1. The predicted molar refractivity (Wildman–Crippen MR) is 67.5 cm³/mol. The summed E-state index contributed by atoms with van der Waals surface area (Å²) in [4.78, 5) is 4.52. The van der Waals surface area contributed by atoms with Crippen molar-refractivity contribution in [2.75, 3.05) is 5.75 Å². The number of rotatable bonds is 3. The third kappa shape index (κ3) is 3.20. The van der Waals surface area contributed by atoms with Crippen LogP contribution in [0.15, 0.2) is 23.3 Å². The van der Waals surface area contributed by atoms with Crippen molar-refractivity contribution in [3.63, 3.8) is 0 Å². The van der Waals surface area contributed by atoms with E-state index in [0.717, 1.165) is 23.0 Å². The number of aliphatic imine (C=N–C) groups is 1. The zero-order chi connectivity index (χ0) is 11.2. The Kier molecular flexibility index (Phi) is 4.16. The minimum absolute atomic E-state index is 0.585. The highest BCUT2D eigenvalue weighted by atomic mass is 32.2. The second-order valence-electron chi connectivity index (χ2n) is 3.72. The van der Waals surface area contributed by atoms with Crippen LogP contribution in [0.5, 0.6) is 0 Å². The van der Waals surface area contributed by atoms with Crippen LogP contribution >= 0.6 is 11.8 Å². The first-order valence-electron chi connectivity index (χ1n) is 5.59. The maximum Gasteiger partial charge on any atom is 0.157 e. The Morgan fingerprint density at radius 3 is 3.31 bits per heavy atom. The molecule has 4 nitrogen and oxygen atoms in total. The minimum atomic E-state index is 0.585. The van der Waals surface area contributed by atoms with E-state index in [1.54, 1.807) is 18.0 Å². The molecule has 1 N–H and O–H groups in total. The van der Waals surface area contributed by atoms with Crippen molar-refractivity contribution in [3.05, 3.63) is 24.0 Å². The lowest BCUT2D eigenvalue weighted by Gasteiger charge is -2.24. The summed E-state index contributed by atoms with van der Waals surface area (Å²) in [7, 11) is 0. The second kappa shape index (κ2) is 5.84. The van der Waals surface area contributed by atoms with E-state index >= 15 is 0 Å². The Morgan fingerprint density at radius 1 is 1.62 bits per heavy atom. The summed E-state index contributed by atoms with van der Waals surface area (Å²) in [6, 6.07) is 4.42. The molecule has 2 rings (SSSR count). The molecule has 0 spiro atoms. The molecule has 0 aromatic carbocycles. The van der Waals surface area contributed by atoms with Crippen LogP contribution < -0.4 is 5.32 Å². The van der Waals surface area contributed by atoms with Crippen LogP contribution in [0.25, 0.3) is 0 Å². The molecule has 0 aliphatic carbocycles. The van der Waals surface area contributed by atoms with Crippen molar-refractivity contribution in [1.29, 1.82) is 0 Å². The molecule has 0 amide bonds. The molecule has 2 heterocycles. The summed E-state index contributed by atoms with van der Waals surface area (Å²) in [5, 5.41) is 12.3. The molecular formula is C11H16N4S. The maximum absolute atomic E-state index is 4.52. The summed E-state index contributed by atoms with van der Waals surface area (Å²) < 4.78 is 0. The summed E-state index contributed by atoms with van der Waals surface area (Å²) in [5.41, 5.74) is 0.913. The molecule has 0 saturated carbocycles. The van der Waals surface area contributed by atoms with Crippen LogP contribution in [0.2, 0.25) is 0 Å². The van der Waals surface area contributed by atoms with Gasteiger partial charge in [0, 0.05) is 18.0 Å². The van der Waals surface area contributed by atoms with E-state index in [4.69, 9.17) is 0 Å². The van der Waals surface area contributed by atoms with Gasteiger partial charge in [0.2, 0.25) is 0 Å².